The predicted molar refractivity (Wildman–Crippen MR) is 76.1 cm³/mol. The van der Waals surface area contributed by atoms with Gasteiger partial charge in [-0.1, -0.05) is 30.3 Å². The number of aliphatic hydroxyl groups is 1. The fourth-order valence-electron chi connectivity index (χ4n) is 2.13. The van der Waals surface area contributed by atoms with Crippen molar-refractivity contribution in [3.05, 3.63) is 48.0 Å². The number of nitrogens with two attached hydrogens (primary N) is 2. The van der Waals surface area contributed by atoms with Crippen molar-refractivity contribution < 1.29 is 5.11 Å². The molecule has 0 fully saturated rings. The number of anilines is 2. The third kappa shape index (κ3) is 2.63. The molecule has 0 aliphatic carbocycles. The summed E-state index contributed by atoms with van der Waals surface area (Å²) in [5.41, 5.74) is 16.5. The smallest absolute Gasteiger partial charge is 0.0434 e. The largest absolute Gasteiger partial charge is 0.399 e. The van der Waals surface area contributed by atoms with Crippen molar-refractivity contribution >= 4 is 11.4 Å². The van der Waals surface area contributed by atoms with Crippen LogP contribution in [0.15, 0.2) is 42.5 Å². The molecule has 0 atom stereocenters. The van der Waals surface area contributed by atoms with Crippen LogP contribution in [0.1, 0.15) is 12.0 Å². The lowest BCUT2D eigenvalue weighted by Crippen LogP contribution is -2.01. The Morgan fingerprint density at radius 1 is 1.00 bits per heavy atom. The van der Waals surface area contributed by atoms with E-state index >= 15 is 0 Å². The van der Waals surface area contributed by atoms with Gasteiger partial charge in [-0.25, -0.2) is 0 Å². The molecule has 0 aliphatic rings. The molecule has 2 aromatic carbocycles. The average Bonchev–Trinajstić information content (AvgIpc) is 2.38. The van der Waals surface area contributed by atoms with E-state index in [0.717, 1.165) is 23.1 Å². The van der Waals surface area contributed by atoms with Gasteiger partial charge in [0.05, 0.1) is 0 Å². The second-order valence-corrected chi connectivity index (χ2v) is 4.33. The Labute approximate surface area is 107 Å². The van der Waals surface area contributed by atoms with Gasteiger partial charge in [0.15, 0.2) is 0 Å². The highest BCUT2D eigenvalue weighted by molar-refractivity contribution is 5.77. The van der Waals surface area contributed by atoms with Crippen molar-refractivity contribution in [1.82, 2.24) is 0 Å². The van der Waals surface area contributed by atoms with Gasteiger partial charge in [0.25, 0.3) is 0 Å². The second-order valence-electron chi connectivity index (χ2n) is 4.33. The van der Waals surface area contributed by atoms with Gasteiger partial charge < -0.3 is 16.6 Å². The van der Waals surface area contributed by atoms with Gasteiger partial charge in [-0.2, -0.15) is 0 Å². The third-order valence-corrected chi connectivity index (χ3v) is 2.98. The van der Waals surface area contributed by atoms with Crippen molar-refractivity contribution in [1.29, 1.82) is 0 Å². The summed E-state index contributed by atoms with van der Waals surface area (Å²) >= 11 is 0. The molecular formula is C15H18N2O. The van der Waals surface area contributed by atoms with Crippen LogP contribution >= 0.6 is 0 Å². The van der Waals surface area contributed by atoms with E-state index < -0.39 is 0 Å². The number of rotatable bonds is 4. The molecule has 0 spiro atoms. The summed E-state index contributed by atoms with van der Waals surface area (Å²) in [5.74, 6) is 0. The first-order chi connectivity index (χ1) is 8.72. The minimum atomic E-state index is 0.165. The number of hydrogen-bond acceptors (Lipinski definition) is 3. The van der Waals surface area contributed by atoms with Crippen molar-refractivity contribution in [2.45, 2.75) is 12.8 Å². The highest BCUT2D eigenvalue weighted by atomic mass is 16.2. The van der Waals surface area contributed by atoms with Crippen LogP contribution in [-0.4, -0.2) is 11.7 Å². The molecule has 2 aromatic rings. The van der Waals surface area contributed by atoms with Gasteiger partial charge in [-0.3, -0.25) is 0 Å². The Hall–Kier alpha value is -2.00. The summed E-state index contributed by atoms with van der Waals surface area (Å²) in [6.45, 7) is 0.165. The molecule has 3 heteroatoms. The first-order valence-electron chi connectivity index (χ1n) is 6.06. The van der Waals surface area contributed by atoms with E-state index in [4.69, 9.17) is 16.6 Å². The molecule has 18 heavy (non-hydrogen) atoms. The molecule has 3 nitrogen and oxygen atoms in total. The molecule has 0 amide bonds. The number of nitrogen functional groups attached to an aromatic ring is 2. The maximum atomic E-state index is 8.97. The van der Waals surface area contributed by atoms with Crippen LogP contribution in [-0.2, 0) is 6.42 Å². The predicted octanol–water partition coefficient (Wildman–Crippen LogP) is 2.44. The van der Waals surface area contributed by atoms with Crippen molar-refractivity contribution in [3.8, 4) is 11.1 Å². The molecule has 0 saturated carbocycles. The van der Waals surface area contributed by atoms with E-state index in [-0.39, 0.29) is 6.61 Å². The van der Waals surface area contributed by atoms with Gasteiger partial charge in [0.2, 0.25) is 0 Å². The van der Waals surface area contributed by atoms with Gasteiger partial charge in [0, 0.05) is 18.0 Å². The molecule has 2 rings (SSSR count). The summed E-state index contributed by atoms with van der Waals surface area (Å²) in [5, 5.41) is 8.97. The first kappa shape index (κ1) is 12.5. The second kappa shape index (κ2) is 5.56. The summed E-state index contributed by atoms with van der Waals surface area (Å²) in [6, 6.07) is 13.8. The molecule has 0 heterocycles. The number of benzene rings is 2. The Morgan fingerprint density at radius 3 is 2.39 bits per heavy atom. The Kier molecular flexibility index (Phi) is 3.85. The monoisotopic (exact) mass is 242 g/mol. The summed E-state index contributed by atoms with van der Waals surface area (Å²) in [7, 11) is 0. The SMILES string of the molecule is Nc1cc(N)c(CCCO)c(-c2ccccc2)c1. The topological polar surface area (TPSA) is 72.3 Å². The van der Waals surface area contributed by atoms with E-state index in [1.807, 2.05) is 36.4 Å². The van der Waals surface area contributed by atoms with Crippen LogP contribution < -0.4 is 11.5 Å². The fourth-order valence-corrected chi connectivity index (χ4v) is 2.13. The molecule has 0 unspecified atom stereocenters. The van der Waals surface area contributed by atoms with Crippen LogP contribution in [0.2, 0.25) is 0 Å². The normalized spacial score (nSPS) is 10.5. The minimum Gasteiger partial charge on any atom is -0.399 e. The molecule has 0 radical (unpaired) electrons. The molecule has 0 aliphatic heterocycles. The van der Waals surface area contributed by atoms with E-state index in [1.54, 1.807) is 6.07 Å². The molecule has 94 valence electrons. The first-order valence-corrected chi connectivity index (χ1v) is 6.06. The highest BCUT2D eigenvalue weighted by Crippen LogP contribution is 2.31. The van der Waals surface area contributed by atoms with Crippen LogP contribution in [0.3, 0.4) is 0 Å². The van der Waals surface area contributed by atoms with Gasteiger partial charge in [-0.15, -0.1) is 0 Å². The Morgan fingerprint density at radius 2 is 1.72 bits per heavy atom. The molecule has 0 aromatic heterocycles. The van der Waals surface area contributed by atoms with E-state index in [2.05, 4.69) is 0 Å². The number of hydrogen-bond donors (Lipinski definition) is 3. The highest BCUT2D eigenvalue weighted by Gasteiger charge is 2.09. The minimum absolute atomic E-state index is 0.165. The van der Waals surface area contributed by atoms with Crippen molar-refractivity contribution in [2.75, 3.05) is 18.1 Å². The summed E-state index contributed by atoms with van der Waals surface area (Å²) in [4.78, 5) is 0. The standard InChI is InChI=1S/C15H18N2O/c16-12-9-14(11-5-2-1-3-6-11)13(7-4-8-18)15(17)10-12/h1-3,5-6,9-10,18H,4,7-8,16-17H2. The lowest BCUT2D eigenvalue weighted by Gasteiger charge is -2.13. The van der Waals surface area contributed by atoms with Gasteiger partial charge in [-0.05, 0) is 41.7 Å². The van der Waals surface area contributed by atoms with Crippen LogP contribution in [0.5, 0.6) is 0 Å². The Balaban J connectivity index is 2.50. The average molecular weight is 242 g/mol. The fraction of sp³-hybridized carbons (Fsp3) is 0.200. The summed E-state index contributed by atoms with van der Waals surface area (Å²) in [6.07, 6.45) is 1.46. The van der Waals surface area contributed by atoms with E-state index in [0.29, 0.717) is 17.8 Å². The molecular weight excluding hydrogens is 224 g/mol. The van der Waals surface area contributed by atoms with Crippen LogP contribution in [0.4, 0.5) is 11.4 Å². The van der Waals surface area contributed by atoms with E-state index in [9.17, 15) is 0 Å². The zero-order chi connectivity index (χ0) is 13.0. The van der Waals surface area contributed by atoms with Crippen LogP contribution in [0, 0.1) is 0 Å². The lowest BCUT2D eigenvalue weighted by atomic mass is 9.94. The zero-order valence-corrected chi connectivity index (χ0v) is 10.3. The molecule has 5 N–H and O–H groups in total. The maximum absolute atomic E-state index is 8.97. The lowest BCUT2D eigenvalue weighted by molar-refractivity contribution is 0.289. The summed E-state index contributed by atoms with van der Waals surface area (Å²) < 4.78 is 0. The van der Waals surface area contributed by atoms with Gasteiger partial charge in [0.1, 0.15) is 0 Å². The molecule has 0 saturated heterocycles. The zero-order valence-electron chi connectivity index (χ0n) is 10.3. The molecule has 0 bridgehead atoms. The van der Waals surface area contributed by atoms with Crippen molar-refractivity contribution in [2.24, 2.45) is 0 Å². The Bertz CT molecular complexity index is 524. The van der Waals surface area contributed by atoms with Crippen molar-refractivity contribution in [3.63, 3.8) is 0 Å². The van der Waals surface area contributed by atoms with Gasteiger partial charge >= 0.3 is 0 Å². The number of aliphatic hydroxyl groups excluding tert-OH is 1. The maximum Gasteiger partial charge on any atom is 0.0434 e. The van der Waals surface area contributed by atoms with E-state index in [1.165, 1.54) is 0 Å². The quantitative estimate of drug-likeness (QED) is 0.721. The van der Waals surface area contributed by atoms with Crippen LogP contribution in [0.25, 0.3) is 11.1 Å². The third-order valence-electron chi connectivity index (χ3n) is 2.98.